The van der Waals surface area contributed by atoms with Crippen molar-refractivity contribution in [2.24, 2.45) is 5.73 Å². The zero-order valence-corrected chi connectivity index (χ0v) is 10.9. The van der Waals surface area contributed by atoms with E-state index in [9.17, 15) is 22.0 Å². The molecule has 0 unspecified atom stereocenters. The zero-order valence-electron chi connectivity index (χ0n) is 10.9. The van der Waals surface area contributed by atoms with Gasteiger partial charge in [-0.25, -0.2) is 8.78 Å². The monoisotopic (exact) mass is 297 g/mol. The summed E-state index contributed by atoms with van der Waals surface area (Å²) in [5.41, 5.74) is 6.06. The lowest BCUT2D eigenvalue weighted by atomic mass is 9.99. The van der Waals surface area contributed by atoms with Gasteiger partial charge in [0, 0.05) is 6.42 Å². The van der Waals surface area contributed by atoms with Gasteiger partial charge in [0.1, 0.15) is 5.75 Å². The molecule has 0 saturated carbocycles. The smallest absolute Gasteiger partial charge is 0.406 e. The van der Waals surface area contributed by atoms with Crippen molar-refractivity contribution in [1.82, 2.24) is 0 Å². The summed E-state index contributed by atoms with van der Waals surface area (Å²) in [6.45, 7) is 1.01. The van der Waals surface area contributed by atoms with Crippen molar-refractivity contribution >= 4 is 0 Å². The van der Waals surface area contributed by atoms with Crippen molar-refractivity contribution in [3.63, 3.8) is 0 Å². The molecule has 2 nitrogen and oxygen atoms in total. The molecule has 1 aromatic rings. The van der Waals surface area contributed by atoms with Crippen LogP contribution in [0.5, 0.6) is 5.75 Å². The predicted molar refractivity (Wildman–Crippen MR) is 64.8 cm³/mol. The third-order valence-corrected chi connectivity index (χ3v) is 2.85. The predicted octanol–water partition coefficient (Wildman–Crippen LogP) is 3.67. The van der Waals surface area contributed by atoms with E-state index in [0.717, 1.165) is 6.07 Å². The number of ether oxygens (including phenoxy) is 1. The molecule has 0 heterocycles. The van der Waals surface area contributed by atoms with Gasteiger partial charge in [0.15, 0.2) is 0 Å². The molecular formula is C13H16F5NO. The lowest BCUT2D eigenvalue weighted by Crippen LogP contribution is -2.28. The first-order valence-electron chi connectivity index (χ1n) is 6.12. The second-order valence-electron chi connectivity index (χ2n) is 4.39. The van der Waals surface area contributed by atoms with E-state index in [1.165, 1.54) is 12.1 Å². The standard InChI is InChI=1S/C13H16F5NO/c1-2-9-3-4-11(20-13(16,17)18)7-10(9)5-6-12(14,15)8-19/h3-4,7H,2,5-6,8,19H2,1H3. The second kappa shape index (κ2) is 6.39. The molecule has 1 rings (SSSR count). The Bertz CT molecular complexity index is 445. The van der Waals surface area contributed by atoms with Gasteiger partial charge in [0.2, 0.25) is 0 Å². The summed E-state index contributed by atoms with van der Waals surface area (Å²) in [5.74, 6) is -3.42. The van der Waals surface area contributed by atoms with E-state index >= 15 is 0 Å². The van der Waals surface area contributed by atoms with E-state index < -0.39 is 31.0 Å². The number of aryl methyl sites for hydroxylation is 2. The molecule has 0 bridgehead atoms. The Morgan fingerprint density at radius 3 is 2.25 bits per heavy atom. The van der Waals surface area contributed by atoms with Gasteiger partial charge >= 0.3 is 6.36 Å². The van der Waals surface area contributed by atoms with Gasteiger partial charge < -0.3 is 10.5 Å². The Hall–Kier alpha value is -1.37. The minimum atomic E-state index is -4.80. The highest BCUT2D eigenvalue weighted by atomic mass is 19.4. The number of rotatable bonds is 6. The number of hydrogen-bond acceptors (Lipinski definition) is 2. The van der Waals surface area contributed by atoms with Crippen molar-refractivity contribution in [1.29, 1.82) is 0 Å². The zero-order chi connectivity index (χ0) is 15.4. The van der Waals surface area contributed by atoms with Crippen LogP contribution in [0.4, 0.5) is 22.0 Å². The quantitative estimate of drug-likeness (QED) is 0.813. The lowest BCUT2D eigenvalue weighted by molar-refractivity contribution is -0.274. The Kier molecular flexibility index (Phi) is 5.33. The summed E-state index contributed by atoms with van der Waals surface area (Å²) in [5, 5.41) is 0. The molecule has 2 N–H and O–H groups in total. The average Bonchev–Trinajstić information content (AvgIpc) is 2.35. The summed E-state index contributed by atoms with van der Waals surface area (Å²) < 4.78 is 66.4. The average molecular weight is 297 g/mol. The van der Waals surface area contributed by atoms with E-state index in [0.29, 0.717) is 17.5 Å². The van der Waals surface area contributed by atoms with Crippen LogP contribution < -0.4 is 10.5 Å². The summed E-state index contributed by atoms with van der Waals surface area (Å²) in [7, 11) is 0. The van der Waals surface area contributed by atoms with Crippen LogP contribution in [0.15, 0.2) is 18.2 Å². The van der Waals surface area contributed by atoms with Crippen LogP contribution in [0.3, 0.4) is 0 Å². The van der Waals surface area contributed by atoms with Crippen molar-refractivity contribution in [3.8, 4) is 5.75 Å². The first kappa shape index (κ1) is 16.7. The molecule has 20 heavy (non-hydrogen) atoms. The fourth-order valence-corrected chi connectivity index (χ4v) is 1.80. The second-order valence-corrected chi connectivity index (χ2v) is 4.39. The van der Waals surface area contributed by atoms with E-state index in [1.807, 2.05) is 0 Å². The summed E-state index contributed by atoms with van der Waals surface area (Å²) in [4.78, 5) is 0. The highest BCUT2D eigenvalue weighted by Gasteiger charge is 2.31. The number of alkyl halides is 5. The van der Waals surface area contributed by atoms with Crippen molar-refractivity contribution in [2.45, 2.75) is 38.5 Å². The first-order chi connectivity index (χ1) is 9.17. The minimum absolute atomic E-state index is 0.0531. The maximum atomic E-state index is 13.1. The summed E-state index contributed by atoms with van der Waals surface area (Å²) in [6.07, 6.45) is -4.82. The topological polar surface area (TPSA) is 35.2 Å². The molecule has 0 saturated heterocycles. The molecule has 0 aliphatic heterocycles. The highest BCUT2D eigenvalue weighted by molar-refractivity contribution is 5.36. The lowest BCUT2D eigenvalue weighted by Gasteiger charge is -2.16. The Morgan fingerprint density at radius 1 is 1.10 bits per heavy atom. The molecule has 0 atom stereocenters. The molecule has 0 aliphatic rings. The maximum Gasteiger partial charge on any atom is 0.573 e. The number of benzene rings is 1. The molecule has 1 aromatic carbocycles. The van der Waals surface area contributed by atoms with Crippen LogP contribution in [0.25, 0.3) is 0 Å². The molecule has 0 fully saturated rings. The Labute approximate surface area is 113 Å². The number of nitrogens with two attached hydrogens (primary N) is 1. The van der Waals surface area contributed by atoms with Crippen LogP contribution in [-0.2, 0) is 12.8 Å². The van der Waals surface area contributed by atoms with Crippen LogP contribution in [-0.4, -0.2) is 18.8 Å². The van der Waals surface area contributed by atoms with Crippen LogP contribution in [0, 0.1) is 0 Å². The van der Waals surface area contributed by atoms with Crippen molar-refractivity contribution in [2.75, 3.05) is 6.54 Å². The first-order valence-corrected chi connectivity index (χ1v) is 6.12. The van der Waals surface area contributed by atoms with Crippen molar-refractivity contribution < 1.29 is 26.7 Å². The SMILES string of the molecule is CCc1ccc(OC(F)(F)F)cc1CCC(F)(F)CN. The summed E-state index contributed by atoms with van der Waals surface area (Å²) >= 11 is 0. The molecule has 0 spiro atoms. The van der Waals surface area contributed by atoms with Gasteiger partial charge in [-0.1, -0.05) is 13.0 Å². The van der Waals surface area contributed by atoms with Crippen molar-refractivity contribution in [3.05, 3.63) is 29.3 Å². The van der Waals surface area contributed by atoms with Crippen LogP contribution in [0.1, 0.15) is 24.5 Å². The van der Waals surface area contributed by atoms with Gasteiger partial charge in [-0.2, -0.15) is 0 Å². The van der Waals surface area contributed by atoms with Gasteiger partial charge in [0.05, 0.1) is 6.54 Å². The van der Waals surface area contributed by atoms with Gasteiger partial charge in [-0.3, -0.25) is 0 Å². The molecule has 0 radical (unpaired) electrons. The Morgan fingerprint density at radius 2 is 1.75 bits per heavy atom. The fraction of sp³-hybridized carbons (Fsp3) is 0.538. The van der Waals surface area contributed by atoms with Gasteiger partial charge in [0.25, 0.3) is 5.92 Å². The van der Waals surface area contributed by atoms with E-state index in [2.05, 4.69) is 4.74 Å². The molecule has 114 valence electrons. The fourth-order valence-electron chi connectivity index (χ4n) is 1.80. The Balaban J connectivity index is 2.89. The van der Waals surface area contributed by atoms with E-state index in [-0.39, 0.29) is 6.42 Å². The number of halogens is 5. The minimum Gasteiger partial charge on any atom is -0.406 e. The number of hydrogen-bond donors (Lipinski definition) is 1. The maximum absolute atomic E-state index is 13.1. The van der Waals surface area contributed by atoms with Crippen LogP contribution >= 0.6 is 0 Å². The largest absolute Gasteiger partial charge is 0.573 e. The normalized spacial score (nSPS) is 12.6. The van der Waals surface area contributed by atoms with Gasteiger partial charge in [-0.05, 0) is 36.1 Å². The van der Waals surface area contributed by atoms with Gasteiger partial charge in [-0.15, -0.1) is 13.2 Å². The molecule has 0 aromatic heterocycles. The molecular weight excluding hydrogens is 281 g/mol. The third kappa shape index (κ3) is 5.32. The summed E-state index contributed by atoms with van der Waals surface area (Å²) in [6, 6.07) is 3.78. The third-order valence-electron chi connectivity index (χ3n) is 2.85. The van der Waals surface area contributed by atoms with E-state index in [4.69, 9.17) is 5.73 Å². The molecule has 7 heteroatoms. The highest BCUT2D eigenvalue weighted by Crippen LogP contribution is 2.28. The van der Waals surface area contributed by atoms with E-state index in [1.54, 1.807) is 6.92 Å². The van der Waals surface area contributed by atoms with Crippen LogP contribution in [0.2, 0.25) is 0 Å². The molecule has 0 amide bonds. The molecule has 0 aliphatic carbocycles.